The molecule has 1 atom stereocenters. The summed E-state index contributed by atoms with van der Waals surface area (Å²) in [7, 11) is 2.00. The van der Waals surface area contributed by atoms with Gasteiger partial charge in [0.15, 0.2) is 0 Å². The summed E-state index contributed by atoms with van der Waals surface area (Å²) in [5.41, 5.74) is 0. The molecule has 0 unspecified atom stereocenters. The molecule has 0 aliphatic carbocycles. The number of rotatable bonds is 22. The van der Waals surface area contributed by atoms with Gasteiger partial charge in [-0.2, -0.15) is 0 Å². The lowest BCUT2D eigenvalue weighted by Gasteiger charge is -2.35. The van der Waals surface area contributed by atoms with E-state index in [-0.39, 0.29) is 12.0 Å². The second-order valence-corrected chi connectivity index (χ2v) is 10.6. The third-order valence-electron chi connectivity index (χ3n) is 7.30. The van der Waals surface area contributed by atoms with E-state index in [4.69, 9.17) is 4.74 Å². The number of carbonyl (C=O) groups is 1. The van der Waals surface area contributed by atoms with Gasteiger partial charge >= 0.3 is 0 Å². The molecule has 1 aliphatic heterocycles. The number of hydrogen-bond acceptors (Lipinski definition) is 4. The molecule has 202 valence electrons. The highest BCUT2D eigenvalue weighted by atomic mass is 16.5. The van der Waals surface area contributed by atoms with Crippen molar-refractivity contribution in [3.8, 4) is 0 Å². The van der Waals surface area contributed by atoms with Gasteiger partial charge in [0.05, 0.1) is 12.7 Å². The molecule has 0 bridgehead atoms. The van der Waals surface area contributed by atoms with E-state index in [9.17, 15) is 4.79 Å². The van der Waals surface area contributed by atoms with Crippen LogP contribution < -0.4 is 5.32 Å². The predicted molar refractivity (Wildman–Crippen MR) is 146 cm³/mol. The van der Waals surface area contributed by atoms with Crippen molar-refractivity contribution < 1.29 is 9.53 Å². The molecule has 0 aromatic heterocycles. The van der Waals surface area contributed by atoms with Gasteiger partial charge < -0.3 is 15.0 Å². The minimum absolute atomic E-state index is 0.137. The Labute approximate surface area is 212 Å². The van der Waals surface area contributed by atoms with Crippen molar-refractivity contribution in [1.29, 1.82) is 0 Å². The molecule has 1 N–H and O–H groups in total. The largest absolute Gasteiger partial charge is 0.374 e. The van der Waals surface area contributed by atoms with Crippen molar-refractivity contribution in [3.63, 3.8) is 0 Å². The zero-order valence-electron chi connectivity index (χ0n) is 23.4. The fourth-order valence-corrected chi connectivity index (χ4v) is 5.04. The first-order valence-corrected chi connectivity index (χ1v) is 14.9. The first-order valence-electron chi connectivity index (χ1n) is 14.9. The van der Waals surface area contributed by atoms with Crippen LogP contribution in [0, 0.1) is 5.92 Å². The summed E-state index contributed by atoms with van der Waals surface area (Å²) >= 11 is 0. The van der Waals surface area contributed by atoms with Crippen LogP contribution in [0.25, 0.3) is 0 Å². The summed E-state index contributed by atoms with van der Waals surface area (Å²) in [6.45, 7) is 13.5. The molecule has 1 heterocycles. The van der Waals surface area contributed by atoms with Gasteiger partial charge in [0.1, 0.15) is 0 Å². The molecule has 1 fully saturated rings. The third kappa shape index (κ3) is 15.4. The zero-order chi connectivity index (χ0) is 24.9. The van der Waals surface area contributed by atoms with E-state index in [1.807, 2.05) is 11.9 Å². The Balaban J connectivity index is 2.35. The van der Waals surface area contributed by atoms with Crippen LogP contribution in [-0.4, -0.2) is 74.7 Å². The molecule has 1 saturated heterocycles. The SMILES string of the molecule is CCCCCCCNCCN1CCO[C@H](CN(C)C(=O)C(CCCCCC)CCCCCC)C1. The molecule has 0 radical (unpaired) electrons. The topological polar surface area (TPSA) is 44.8 Å². The molecular formula is C29H59N3O2. The lowest BCUT2D eigenvalue weighted by molar-refractivity contribution is -0.137. The van der Waals surface area contributed by atoms with Crippen LogP contribution in [0.1, 0.15) is 117 Å². The van der Waals surface area contributed by atoms with Gasteiger partial charge in [-0.25, -0.2) is 0 Å². The van der Waals surface area contributed by atoms with Crippen LogP contribution >= 0.6 is 0 Å². The number of nitrogens with one attached hydrogen (secondary N) is 1. The Kier molecular flexibility index (Phi) is 20.0. The van der Waals surface area contributed by atoms with Crippen LogP contribution in [0.3, 0.4) is 0 Å². The molecule has 0 aromatic rings. The van der Waals surface area contributed by atoms with E-state index in [0.717, 1.165) is 58.7 Å². The van der Waals surface area contributed by atoms with Crippen LogP contribution in [-0.2, 0) is 9.53 Å². The number of unbranched alkanes of at least 4 members (excludes halogenated alkanes) is 10. The summed E-state index contributed by atoms with van der Waals surface area (Å²) < 4.78 is 6.06. The second-order valence-electron chi connectivity index (χ2n) is 10.6. The fraction of sp³-hybridized carbons (Fsp3) is 0.966. The maximum Gasteiger partial charge on any atom is 0.225 e. The van der Waals surface area contributed by atoms with E-state index in [1.54, 1.807) is 0 Å². The Morgan fingerprint density at radius 3 is 2.09 bits per heavy atom. The smallest absolute Gasteiger partial charge is 0.225 e. The Hall–Kier alpha value is -0.650. The molecule has 5 nitrogen and oxygen atoms in total. The van der Waals surface area contributed by atoms with Gasteiger partial charge in [-0.3, -0.25) is 9.69 Å². The highest BCUT2D eigenvalue weighted by molar-refractivity contribution is 5.78. The summed E-state index contributed by atoms with van der Waals surface area (Å²) in [5, 5.41) is 3.61. The van der Waals surface area contributed by atoms with E-state index < -0.39 is 0 Å². The number of likely N-dealkylation sites (N-methyl/N-ethyl adjacent to an activating group) is 1. The molecule has 5 heteroatoms. The number of nitrogens with zero attached hydrogens (tertiary/aromatic N) is 2. The highest BCUT2D eigenvalue weighted by Gasteiger charge is 2.26. The molecule has 0 aromatic carbocycles. The molecule has 1 amide bonds. The van der Waals surface area contributed by atoms with Crippen LogP contribution in [0.15, 0.2) is 0 Å². The second kappa shape index (κ2) is 21.6. The van der Waals surface area contributed by atoms with Gasteiger partial charge in [-0.05, 0) is 25.8 Å². The van der Waals surface area contributed by atoms with Gasteiger partial charge in [-0.15, -0.1) is 0 Å². The van der Waals surface area contributed by atoms with E-state index in [2.05, 4.69) is 31.0 Å². The molecule has 0 saturated carbocycles. The zero-order valence-corrected chi connectivity index (χ0v) is 23.4. The predicted octanol–water partition coefficient (Wildman–Crippen LogP) is 6.26. The van der Waals surface area contributed by atoms with Crippen molar-refractivity contribution in [2.75, 3.05) is 52.9 Å². The number of hydrogen-bond donors (Lipinski definition) is 1. The lowest BCUT2D eigenvalue weighted by Crippen LogP contribution is -2.50. The van der Waals surface area contributed by atoms with Crippen molar-refractivity contribution >= 4 is 5.91 Å². The minimum atomic E-state index is 0.137. The van der Waals surface area contributed by atoms with Crippen LogP contribution in [0.2, 0.25) is 0 Å². The Morgan fingerprint density at radius 2 is 1.47 bits per heavy atom. The average molecular weight is 482 g/mol. The summed E-state index contributed by atoms with van der Waals surface area (Å²) in [6, 6.07) is 0. The number of ether oxygens (including phenoxy) is 1. The van der Waals surface area contributed by atoms with Crippen LogP contribution in [0.4, 0.5) is 0 Å². The monoisotopic (exact) mass is 481 g/mol. The van der Waals surface area contributed by atoms with Gasteiger partial charge in [0.2, 0.25) is 5.91 Å². The van der Waals surface area contributed by atoms with Gasteiger partial charge in [0.25, 0.3) is 0 Å². The van der Waals surface area contributed by atoms with E-state index in [0.29, 0.717) is 5.91 Å². The number of carbonyl (C=O) groups excluding carboxylic acids is 1. The lowest BCUT2D eigenvalue weighted by atomic mass is 9.93. The maximum absolute atomic E-state index is 13.3. The standard InChI is InChI=1S/C29H59N3O2/c1-5-8-11-14-17-20-30-21-22-32-23-24-34-28(26-32)25-31(4)29(33)27(18-15-12-9-6-2)19-16-13-10-7-3/h27-28,30H,5-26H2,1-4H3/t28-/m1/s1. The maximum atomic E-state index is 13.3. The third-order valence-corrected chi connectivity index (χ3v) is 7.30. The van der Waals surface area contributed by atoms with Crippen molar-refractivity contribution in [3.05, 3.63) is 0 Å². The molecule has 1 rings (SSSR count). The highest BCUT2D eigenvalue weighted by Crippen LogP contribution is 2.21. The Bertz CT molecular complexity index is 462. The normalized spacial score (nSPS) is 16.9. The fourth-order valence-electron chi connectivity index (χ4n) is 5.04. The first-order chi connectivity index (χ1) is 16.6. The van der Waals surface area contributed by atoms with Crippen molar-refractivity contribution in [1.82, 2.24) is 15.1 Å². The summed E-state index contributed by atoms with van der Waals surface area (Å²) in [5.74, 6) is 0.540. The summed E-state index contributed by atoms with van der Waals surface area (Å²) in [4.78, 5) is 17.8. The quantitative estimate of drug-likeness (QED) is 0.185. The molecule has 1 aliphatic rings. The molecular weight excluding hydrogens is 422 g/mol. The van der Waals surface area contributed by atoms with Crippen molar-refractivity contribution in [2.45, 2.75) is 123 Å². The molecule has 34 heavy (non-hydrogen) atoms. The summed E-state index contributed by atoms with van der Waals surface area (Å²) in [6.07, 6.45) is 18.9. The average Bonchev–Trinajstić information content (AvgIpc) is 2.84. The first kappa shape index (κ1) is 31.4. The van der Waals surface area contributed by atoms with Gasteiger partial charge in [-0.1, -0.05) is 97.8 Å². The Morgan fingerprint density at radius 1 is 0.882 bits per heavy atom. The van der Waals surface area contributed by atoms with Crippen molar-refractivity contribution in [2.24, 2.45) is 5.92 Å². The minimum Gasteiger partial charge on any atom is -0.374 e. The van der Waals surface area contributed by atoms with E-state index >= 15 is 0 Å². The number of morpholine rings is 1. The number of amides is 1. The molecule has 0 spiro atoms. The van der Waals surface area contributed by atoms with E-state index in [1.165, 1.54) is 83.5 Å². The van der Waals surface area contributed by atoms with Gasteiger partial charge in [0, 0.05) is 45.7 Å². The van der Waals surface area contributed by atoms with Crippen LogP contribution in [0.5, 0.6) is 0 Å².